The molecular formula is C9H17N5. The highest BCUT2D eigenvalue weighted by Gasteiger charge is 2.04. The molecule has 0 saturated heterocycles. The molecule has 5 heteroatoms. The predicted octanol–water partition coefficient (Wildman–Crippen LogP) is 0.781. The zero-order valence-corrected chi connectivity index (χ0v) is 8.91. The van der Waals surface area contributed by atoms with Gasteiger partial charge in [-0.3, -0.25) is 0 Å². The Balaban J connectivity index is 3.00. The van der Waals surface area contributed by atoms with Crippen molar-refractivity contribution in [3.05, 3.63) is 11.8 Å². The van der Waals surface area contributed by atoms with Gasteiger partial charge < -0.3 is 10.3 Å². The maximum absolute atomic E-state index is 5.33. The lowest BCUT2D eigenvalue weighted by Gasteiger charge is -2.12. The van der Waals surface area contributed by atoms with Crippen LogP contribution in [0.5, 0.6) is 0 Å². The number of hydrazine groups is 1. The van der Waals surface area contributed by atoms with E-state index in [-0.39, 0.29) is 0 Å². The van der Waals surface area contributed by atoms with E-state index in [4.69, 9.17) is 5.84 Å². The lowest BCUT2D eigenvalue weighted by atomic mass is 10.2. The van der Waals surface area contributed by atoms with Crippen LogP contribution in [0.15, 0.2) is 6.07 Å². The van der Waals surface area contributed by atoms with Gasteiger partial charge in [-0.05, 0) is 6.42 Å². The summed E-state index contributed by atoms with van der Waals surface area (Å²) >= 11 is 0. The quantitative estimate of drug-likeness (QED) is 0.549. The minimum atomic E-state index is 0.659. The maximum atomic E-state index is 5.33. The number of rotatable bonds is 4. The Bertz CT molecular complexity index is 297. The first-order valence-electron chi connectivity index (χ1n) is 4.69. The second-order valence-corrected chi connectivity index (χ2v) is 3.33. The molecule has 0 spiro atoms. The molecule has 0 aromatic carbocycles. The molecule has 3 N–H and O–H groups in total. The minimum Gasteiger partial charge on any atom is -0.347 e. The van der Waals surface area contributed by atoms with Gasteiger partial charge in [0.2, 0.25) is 5.95 Å². The smallest absolute Gasteiger partial charge is 0.227 e. The van der Waals surface area contributed by atoms with Crippen molar-refractivity contribution < 1.29 is 0 Å². The van der Waals surface area contributed by atoms with Gasteiger partial charge in [0.1, 0.15) is 5.82 Å². The molecule has 0 atom stereocenters. The molecule has 5 nitrogen and oxygen atoms in total. The molecule has 0 aliphatic heterocycles. The number of anilines is 2. The van der Waals surface area contributed by atoms with Crippen LogP contribution in [-0.4, -0.2) is 24.1 Å². The normalized spacial score (nSPS) is 10.0. The van der Waals surface area contributed by atoms with E-state index in [1.807, 2.05) is 25.1 Å². The Morgan fingerprint density at radius 2 is 2.14 bits per heavy atom. The third-order valence-electron chi connectivity index (χ3n) is 1.82. The van der Waals surface area contributed by atoms with Crippen molar-refractivity contribution >= 4 is 11.8 Å². The van der Waals surface area contributed by atoms with E-state index in [1.54, 1.807) is 0 Å². The van der Waals surface area contributed by atoms with Crippen LogP contribution < -0.4 is 16.2 Å². The van der Waals surface area contributed by atoms with Crippen molar-refractivity contribution in [1.82, 2.24) is 9.97 Å². The van der Waals surface area contributed by atoms with Crippen LogP contribution in [-0.2, 0) is 6.42 Å². The maximum Gasteiger partial charge on any atom is 0.227 e. The summed E-state index contributed by atoms with van der Waals surface area (Å²) in [6, 6.07) is 1.87. The van der Waals surface area contributed by atoms with Gasteiger partial charge in [0.25, 0.3) is 0 Å². The Hall–Kier alpha value is -1.36. The second kappa shape index (κ2) is 4.76. The average Bonchev–Trinajstić information content (AvgIpc) is 2.17. The number of nitrogens with two attached hydrogens (primary N) is 1. The van der Waals surface area contributed by atoms with Gasteiger partial charge in [-0.2, -0.15) is 4.98 Å². The van der Waals surface area contributed by atoms with Crippen molar-refractivity contribution in [2.75, 3.05) is 24.4 Å². The van der Waals surface area contributed by atoms with E-state index in [9.17, 15) is 0 Å². The topological polar surface area (TPSA) is 67.1 Å². The lowest BCUT2D eigenvalue weighted by molar-refractivity contribution is 0.860. The van der Waals surface area contributed by atoms with Crippen LogP contribution in [0.2, 0.25) is 0 Å². The molecule has 1 aromatic heterocycles. The first kappa shape index (κ1) is 10.7. The molecule has 0 amide bonds. The first-order chi connectivity index (χ1) is 6.67. The first-order valence-corrected chi connectivity index (χ1v) is 4.69. The van der Waals surface area contributed by atoms with Crippen LogP contribution in [0, 0.1) is 0 Å². The number of aromatic nitrogens is 2. The fourth-order valence-electron chi connectivity index (χ4n) is 1.14. The van der Waals surface area contributed by atoms with Crippen LogP contribution in [0.1, 0.15) is 19.0 Å². The number of nitrogens with zero attached hydrogens (tertiary/aromatic N) is 3. The van der Waals surface area contributed by atoms with Crippen LogP contribution in [0.25, 0.3) is 0 Å². The van der Waals surface area contributed by atoms with Crippen LogP contribution in [0.4, 0.5) is 11.8 Å². The fourth-order valence-corrected chi connectivity index (χ4v) is 1.14. The monoisotopic (exact) mass is 195 g/mol. The van der Waals surface area contributed by atoms with Crippen LogP contribution >= 0.6 is 0 Å². The zero-order chi connectivity index (χ0) is 10.6. The third-order valence-corrected chi connectivity index (χ3v) is 1.82. The average molecular weight is 195 g/mol. The van der Waals surface area contributed by atoms with Gasteiger partial charge in [-0.1, -0.05) is 13.3 Å². The number of hydrogen-bond donors (Lipinski definition) is 2. The zero-order valence-electron chi connectivity index (χ0n) is 8.91. The summed E-state index contributed by atoms with van der Waals surface area (Å²) in [5.41, 5.74) is 3.56. The summed E-state index contributed by atoms with van der Waals surface area (Å²) in [7, 11) is 3.82. The summed E-state index contributed by atoms with van der Waals surface area (Å²) in [5, 5.41) is 0. The molecule has 14 heavy (non-hydrogen) atoms. The minimum absolute atomic E-state index is 0.659. The predicted molar refractivity (Wildman–Crippen MR) is 58.2 cm³/mol. The Kier molecular flexibility index (Phi) is 3.64. The van der Waals surface area contributed by atoms with Gasteiger partial charge >= 0.3 is 0 Å². The van der Waals surface area contributed by atoms with E-state index in [1.165, 1.54) is 0 Å². The molecule has 0 bridgehead atoms. The molecule has 0 aliphatic rings. The summed E-state index contributed by atoms with van der Waals surface area (Å²) in [6.45, 7) is 2.12. The highest BCUT2D eigenvalue weighted by Crippen LogP contribution is 2.12. The largest absolute Gasteiger partial charge is 0.347 e. The molecule has 78 valence electrons. The molecule has 0 saturated carbocycles. The molecular weight excluding hydrogens is 178 g/mol. The molecule has 0 unspecified atom stereocenters. The fraction of sp³-hybridized carbons (Fsp3) is 0.556. The van der Waals surface area contributed by atoms with Gasteiger partial charge in [0, 0.05) is 25.9 Å². The molecule has 0 radical (unpaired) electrons. The van der Waals surface area contributed by atoms with Gasteiger partial charge in [-0.25, -0.2) is 10.8 Å². The number of aryl methyl sites for hydroxylation is 1. The second-order valence-electron chi connectivity index (χ2n) is 3.33. The summed E-state index contributed by atoms with van der Waals surface area (Å²) in [5.74, 6) is 6.67. The number of nitrogens with one attached hydrogen (secondary N) is 1. The number of nitrogen functional groups attached to an aromatic ring is 1. The van der Waals surface area contributed by atoms with Gasteiger partial charge in [0.05, 0.1) is 0 Å². The summed E-state index contributed by atoms with van der Waals surface area (Å²) in [4.78, 5) is 10.5. The SMILES string of the molecule is CCCc1cc(NN)nc(N(C)C)n1. The Morgan fingerprint density at radius 3 is 2.64 bits per heavy atom. The standard InChI is InChI=1S/C9H17N5/c1-4-5-7-6-8(13-10)12-9(11-7)14(2)3/h6H,4-5,10H2,1-3H3,(H,11,12,13). The highest BCUT2D eigenvalue weighted by atomic mass is 15.3. The summed E-state index contributed by atoms with van der Waals surface area (Å²) < 4.78 is 0. The van der Waals surface area contributed by atoms with Crippen molar-refractivity contribution in [1.29, 1.82) is 0 Å². The lowest BCUT2D eigenvalue weighted by Crippen LogP contribution is -2.17. The van der Waals surface area contributed by atoms with Gasteiger partial charge in [-0.15, -0.1) is 0 Å². The third kappa shape index (κ3) is 2.56. The molecule has 0 aliphatic carbocycles. The van der Waals surface area contributed by atoms with E-state index in [0.717, 1.165) is 18.5 Å². The van der Waals surface area contributed by atoms with Crippen molar-refractivity contribution in [3.63, 3.8) is 0 Å². The van der Waals surface area contributed by atoms with Crippen LogP contribution in [0.3, 0.4) is 0 Å². The van der Waals surface area contributed by atoms with E-state index >= 15 is 0 Å². The highest BCUT2D eigenvalue weighted by molar-refractivity contribution is 5.42. The Morgan fingerprint density at radius 1 is 1.43 bits per heavy atom. The van der Waals surface area contributed by atoms with Crippen molar-refractivity contribution in [2.24, 2.45) is 5.84 Å². The molecule has 1 rings (SSSR count). The summed E-state index contributed by atoms with van der Waals surface area (Å²) in [6.07, 6.45) is 2.01. The van der Waals surface area contributed by atoms with Crippen molar-refractivity contribution in [3.8, 4) is 0 Å². The Labute approximate surface area is 84.3 Å². The van der Waals surface area contributed by atoms with E-state index in [0.29, 0.717) is 11.8 Å². The van der Waals surface area contributed by atoms with Gasteiger partial charge in [0.15, 0.2) is 0 Å². The van der Waals surface area contributed by atoms with E-state index < -0.39 is 0 Å². The molecule has 1 heterocycles. The van der Waals surface area contributed by atoms with E-state index in [2.05, 4.69) is 22.3 Å². The molecule has 1 aromatic rings. The molecule has 0 fully saturated rings. The van der Waals surface area contributed by atoms with Crippen molar-refractivity contribution in [2.45, 2.75) is 19.8 Å². The number of hydrogen-bond acceptors (Lipinski definition) is 5.